The monoisotopic (exact) mass is 326 g/mol. The van der Waals surface area contributed by atoms with Gasteiger partial charge in [-0.1, -0.05) is 32.0 Å². The molecule has 0 saturated heterocycles. The molecule has 0 unspecified atom stereocenters. The van der Waals surface area contributed by atoms with Crippen LogP contribution in [0.4, 0.5) is 4.39 Å². The zero-order chi connectivity index (χ0) is 16.9. The minimum absolute atomic E-state index is 0.178. The van der Waals surface area contributed by atoms with Gasteiger partial charge in [-0.2, -0.15) is 0 Å². The van der Waals surface area contributed by atoms with Crippen LogP contribution in [-0.4, -0.2) is 10.7 Å². The van der Waals surface area contributed by atoms with Crippen LogP contribution in [0, 0.1) is 5.82 Å². The summed E-state index contributed by atoms with van der Waals surface area (Å²) in [4.78, 5) is 0. The average molecular weight is 326 g/mol. The Morgan fingerprint density at radius 1 is 1.17 bits per heavy atom. The summed E-state index contributed by atoms with van der Waals surface area (Å²) in [5.74, 6) is 0.909. The molecule has 0 radical (unpaired) electrons. The van der Waals surface area contributed by atoms with Crippen LogP contribution >= 0.6 is 0 Å². The van der Waals surface area contributed by atoms with Gasteiger partial charge in [-0.15, -0.1) is 0 Å². The van der Waals surface area contributed by atoms with Gasteiger partial charge < -0.3 is 9.84 Å². The molecule has 1 aliphatic carbocycles. The second kappa shape index (κ2) is 5.59. The first-order chi connectivity index (χ1) is 11.5. The summed E-state index contributed by atoms with van der Waals surface area (Å²) in [5.41, 5.74) is 3.72. The summed E-state index contributed by atoms with van der Waals surface area (Å²) in [6, 6.07) is 10.7. The van der Waals surface area contributed by atoms with Crippen LogP contribution in [0.15, 0.2) is 36.4 Å². The van der Waals surface area contributed by atoms with Crippen LogP contribution in [0.25, 0.3) is 11.1 Å². The molecule has 2 aromatic rings. The Bertz CT molecular complexity index is 760. The van der Waals surface area contributed by atoms with Gasteiger partial charge in [0.1, 0.15) is 17.2 Å². The standard InChI is InChI=1S/C21H23FO2/c1-13(2)15-10-17(14-4-6-16(22)7-5-14)20-18(23)12-21(8-3-9-21)24-19(20)11-15/h4-7,10-11,13,18,23H,3,8-9,12H2,1-2H3/t18-/m0/s1. The number of benzene rings is 2. The Balaban J connectivity index is 1.88. The van der Waals surface area contributed by atoms with E-state index in [0.717, 1.165) is 41.7 Å². The quantitative estimate of drug-likeness (QED) is 0.805. The third-order valence-corrected chi connectivity index (χ3v) is 5.48. The van der Waals surface area contributed by atoms with Crippen molar-refractivity contribution in [3.63, 3.8) is 0 Å². The topological polar surface area (TPSA) is 29.5 Å². The van der Waals surface area contributed by atoms with Crippen molar-refractivity contribution in [2.24, 2.45) is 0 Å². The van der Waals surface area contributed by atoms with E-state index in [-0.39, 0.29) is 11.4 Å². The van der Waals surface area contributed by atoms with Crippen molar-refractivity contribution >= 4 is 0 Å². The van der Waals surface area contributed by atoms with Crippen LogP contribution in [0.3, 0.4) is 0 Å². The second-order valence-electron chi connectivity index (χ2n) is 7.50. The Hall–Kier alpha value is -1.87. The minimum Gasteiger partial charge on any atom is -0.487 e. The molecule has 126 valence electrons. The molecule has 0 aromatic heterocycles. The predicted molar refractivity (Wildman–Crippen MR) is 92.7 cm³/mol. The second-order valence-corrected chi connectivity index (χ2v) is 7.50. The summed E-state index contributed by atoms with van der Waals surface area (Å²) in [6.07, 6.45) is 3.31. The molecule has 2 aliphatic rings. The van der Waals surface area contributed by atoms with Gasteiger partial charge in [0.2, 0.25) is 0 Å². The molecular formula is C21H23FO2. The maximum absolute atomic E-state index is 13.3. The van der Waals surface area contributed by atoms with Crippen LogP contribution in [0.1, 0.15) is 62.7 Å². The molecule has 1 aliphatic heterocycles. The first-order valence-corrected chi connectivity index (χ1v) is 8.78. The van der Waals surface area contributed by atoms with E-state index in [4.69, 9.17) is 4.74 Å². The van der Waals surface area contributed by atoms with Gasteiger partial charge in [-0.3, -0.25) is 0 Å². The van der Waals surface area contributed by atoms with Crippen molar-refractivity contribution in [1.82, 2.24) is 0 Å². The fourth-order valence-corrected chi connectivity index (χ4v) is 3.88. The van der Waals surface area contributed by atoms with Crippen molar-refractivity contribution in [1.29, 1.82) is 0 Å². The molecule has 1 saturated carbocycles. The third kappa shape index (κ3) is 2.51. The van der Waals surface area contributed by atoms with Crippen molar-refractivity contribution in [2.45, 2.75) is 57.2 Å². The van der Waals surface area contributed by atoms with Gasteiger partial charge in [0.05, 0.1) is 6.10 Å². The lowest BCUT2D eigenvalue weighted by Gasteiger charge is -2.47. The molecule has 0 amide bonds. The number of aliphatic hydroxyl groups is 1. The highest BCUT2D eigenvalue weighted by molar-refractivity contribution is 5.72. The third-order valence-electron chi connectivity index (χ3n) is 5.48. The van der Waals surface area contributed by atoms with Gasteiger partial charge in [-0.25, -0.2) is 4.39 Å². The Morgan fingerprint density at radius 3 is 2.46 bits per heavy atom. The molecule has 1 atom stereocenters. The highest BCUT2D eigenvalue weighted by Gasteiger charge is 2.46. The number of hydrogen-bond donors (Lipinski definition) is 1. The predicted octanol–water partition coefficient (Wildman–Crippen LogP) is 5.35. The zero-order valence-electron chi connectivity index (χ0n) is 14.2. The zero-order valence-corrected chi connectivity index (χ0v) is 14.2. The van der Waals surface area contributed by atoms with Crippen LogP contribution in [0.5, 0.6) is 5.75 Å². The van der Waals surface area contributed by atoms with Crippen LogP contribution in [-0.2, 0) is 0 Å². The van der Waals surface area contributed by atoms with Crippen molar-refractivity contribution in [3.05, 3.63) is 53.3 Å². The maximum atomic E-state index is 13.3. The summed E-state index contributed by atoms with van der Waals surface area (Å²) in [5, 5.41) is 10.8. The number of rotatable bonds is 2. The number of halogens is 1. The van der Waals surface area contributed by atoms with E-state index in [1.54, 1.807) is 12.1 Å². The largest absolute Gasteiger partial charge is 0.487 e. The Kier molecular flexibility index (Phi) is 3.65. The molecule has 4 rings (SSSR count). The summed E-state index contributed by atoms with van der Waals surface area (Å²) < 4.78 is 19.7. The fraction of sp³-hybridized carbons (Fsp3) is 0.429. The first kappa shape index (κ1) is 15.6. The molecule has 0 bridgehead atoms. The first-order valence-electron chi connectivity index (χ1n) is 8.78. The highest BCUT2D eigenvalue weighted by atomic mass is 19.1. The normalized spacial score (nSPS) is 21.3. The lowest BCUT2D eigenvalue weighted by Crippen LogP contribution is -2.47. The lowest BCUT2D eigenvalue weighted by atomic mass is 9.72. The molecule has 1 N–H and O–H groups in total. The van der Waals surface area contributed by atoms with Crippen molar-refractivity contribution in [3.8, 4) is 16.9 Å². The van der Waals surface area contributed by atoms with E-state index in [1.807, 2.05) is 0 Å². The van der Waals surface area contributed by atoms with E-state index in [9.17, 15) is 9.50 Å². The number of ether oxygens (including phenoxy) is 1. The maximum Gasteiger partial charge on any atom is 0.126 e. The average Bonchev–Trinajstić information content (AvgIpc) is 2.52. The van der Waals surface area contributed by atoms with Crippen molar-refractivity contribution in [2.75, 3.05) is 0 Å². The Labute approximate surface area is 142 Å². The van der Waals surface area contributed by atoms with E-state index in [1.165, 1.54) is 17.7 Å². The molecule has 1 heterocycles. The number of fused-ring (bicyclic) bond motifs is 1. The van der Waals surface area contributed by atoms with Gasteiger partial charge in [-0.05, 0) is 60.1 Å². The van der Waals surface area contributed by atoms with E-state index in [2.05, 4.69) is 26.0 Å². The smallest absolute Gasteiger partial charge is 0.126 e. The molecule has 2 aromatic carbocycles. The molecule has 1 fully saturated rings. The van der Waals surface area contributed by atoms with Gasteiger partial charge >= 0.3 is 0 Å². The highest BCUT2D eigenvalue weighted by Crippen LogP contribution is 2.52. The molecule has 3 heteroatoms. The summed E-state index contributed by atoms with van der Waals surface area (Å²) in [7, 11) is 0. The van der Waals surface area contributed by atoms with Gasteiger partial charge in [0, 0.05) is 12.0 Å². The molecule has 24 heavy (non-hydrogen) atoms. The van der Waals surface area contributed by atoms with Crippen molar-refractivity contribution < 1.29 is 14.2 Å². The summed E-state index contributed by atoms with van der Waals surface area (Å²) in [6.45, 7) is 4.29. The van der Waals surface area contributed by atoms with Gasteiger partial charge in [0.15, 0.2) is 0 Å². The molecular weight excluding hydrogens is 303 g/mol. The van der Waals surface area contributed by atoms with E-state index < -0.39 is 6.10 Å². The number of hydrogen-bond acceptors (Lipinski definition) is 2. The molecule has 2 nitrogen and oxygen atoms in total. The number of aliphatic hydroxyl groups excluding tert-OH is 1. The van der Waals surface area contributed by atoms with Gasteiger partial charge in [0.25, 0.3) is 0 Å². The fourth-order valence-electron chi connectivity index (χ4n) is 3.88. The van der Waals surface area contributed by atoms with E-state index >= 15 is 0 Å². The lowest BCUT2D eigenvalue weighted by molar-refractivity contribution is -0.0661. The van der Waals surface area contributed by atoms with E-state index in [0.29, 0.717) is 12.3 Å². The van der Waals surface area contributed by atoms with Crippen LogP contribution in [0.2, 0.25) is 0 Å². The molecule has 1 spiro atoms. The minimum atomic E-state index is -0.532. The van der Waals surface area contributed by atoms with Crippen LogP contribution < -0.4 is 4.74 Å². The SMILES string of the molecule is CC(C)c1cc2c(c(-c3ccc(F)cc3)c1)[C@@H](O)CC1(CCC1)O2. The Morgan fingerprint density at radius 2 is 1.88 bits per heavy atom. The summed E-state index contributed by atoms with van der Waals surface area (Å²) >= 11 is 0.